The summed E-state index contributed by atoms with van der Waals surface area (Å²) >= 11 is 0. The fourth-order valence-electron chi connectivity index (χ4n) is 1.79. The van der Waals surface area contributed by atoms with Crippen LogP contribution in [-0.2, 0) is 0 Å². The van der Waals surface area contributed by atoms with Gasteiger partial charge in [-0.1, -0.05) is 12.1 Å². The molecule has 1 aromatic heterocycles. The average Bonchev–Trinajstić information content (AvgIpc) is 2.98. The molecule has 0 saturated carbocycles. The van der Waals surface area contributed by atoms with E-state index in [1.807, 2.05) is 0 Å². The van der Waals surface area contributed by atoms with Gasteiger partial charge in [0, 0.05) is 11.1 Å². The highest BCUT2D eigenvalue weighted by Crippen LogP contribution is 2.14. The number of ketones is 1. The molecule has 5 nitrogen and oxygen atoms in total. The van der Waals surface area contributed by atoms with E-state index in [0.717, 1.165) is 0 Å². The first kappa shape index (κ1) is 14.0. The molecule has 1 aromatic carbocycles. The number of rotatable bonds is 5. The molecule has 104 valence electrons. The summed E-state index contributed by atoms with van der Waals surface area (Å²) in [5.41, 5.74) is 0.964. The summed E-state index contributed by atoms with van der Waals surface area (Å²) in [6.07, 6.45) is 1.48. The Labute approximate surface area is 116 Å². The van der Waals surface area contributed by atoms with Crippen LogP contribution in [-0.4, -0.2) is 23.4 Å². The van der Waals surface area contributed by atoms with Crippen molar-refractivity contribution in [3.63, 3.8) is 0 Å². The molecule has 1 heterocycles. The molecule has 0 radical (unpaired) electrons. The molecule has 20 heavy (non-hydrogen) atoms. The Kier molecular flexibility index (Phi) is 4.32. The number of hydrogen-bond donors (Lipinski definition) is 2. The molecule has 5 heteroatoms. The molecule has 0 aliphatic carbocycles. The van der Waals surface area contributed by atoms with Crippen LogP contribution in [0.2, 0.25) is 0 Å². The largest absolute Gasteiger partial charge is 0.467 e. The van der Waals surface area contributed by atoms with Gasteiger partial charge in [-0.05, 0) is 31.2 Å². The van der Waals surface area contributed by atoms with E-state index < -0.39 is 6.04 Å². The van der Waals surface area contributed by atoms with Gasteiger partial charge in [0.05, 0.1) is 12.9 Å². The van der Waals surface area contributed by atoms with E-state index in [1.54, 1.807) is 36.4 Å². The number of aliphatic hydroxyl groups is 1. The molecule has 0 fully saturated rings. The Morgan fingerprint density at radius 1 is 1.20 bits per heavy atom. The fourth-order valence-corrected chi connectivity index (χ4v) is 1.79. The van der Waals surface area contributed by atoms with Crippen molar-refractivity contribution >= 4 is 11.7 Å². The number of aliphatic hydroxyl groups excluding tert-OH is 1. The fraction of sp³-hybridized carbons (Fsp3) is 0.200. The lowest BCUT2D eigenvalue weighted by Crippen LogP contribution is -2.30. The lowest BCUT2D eigenvalue weighted by atomic mass is 10.1. The summed E-state index contributed by atoms with van der Waals surface area (Å²) in [6, 6.07) is 9.11. The smallest absolute Gasteiger partial charge is 0.251 e. The molecule has 0 aliphatic heterocycles. The average molecular weight is 273 g/mol. The Morgan fingerprint density at radius 3 is 2.35 bits per heavy atom. The van der Waals surface area contributed by atoms with Gasteiger partial charge in [0.1, 0.15) is 11.8 Å². The predicted octanol–water partition coefficient (Wildman–Crippen LogP) is 1.95. The van der Waals surface area contributed by atoms with Gasteiger partial charge >= 0.3 is 0 Å². The van der Waals surface area contributed by atoms with Crippen molar-refractivity contribution in [2.75, 3.05) is 6.61 Å². The zero-order valence-corrected chi connectivity index (χ0v) is 11.0. The van der Waals surface area contributed by atoms with Crippen LogP contribution in [0.1, 0.15) is 39.4 Å². The van der Waals surface area contributed by atoms with Crippen molar-refractivity contribution in [3.05, 3.63) is 59.5 Å². The monoisotopic (exact) mass is 273 g/mol. The van der Waals surface area contributed by atoms with E-state index >= 15 is 0 Å². The summed E-state index contributed by atoms with van der Waals surface area (Å²) in [7, 11) is 0. The van der Waals surface area contributed by atoms with Crippen LogP contribution in [0.3, 0.4) is 0 Å². The highest BCUT2D eigenvalue weighted by atomic mass is 16.3. The second kappa shape index (κ2) is 6.16. The van der Waals surface area contributed by atoms with Gasteiger partial charge in [0.2, 0.25) is 0 Å². The van der Waals surface area contributed by atoms with Crippen molar-refractivity contribution in [1.29, 1.82) is 0 Å². The van der Waals surface area contributed by atoms with Crippen LogP contribution in [0, 0.1) is 0 Å². The maximum atomic E-state index is 12.0. The SMILES string of the molecule is CC(=O)c1ccc(C(=O)NC(CO)c2ccco2)cc1. The van der Waals surface area contributed by atoms with Crippen LogP contribution >= 0.6 is 0 Å². The van der Waals surface area contributed by atoms with E-state index in [9.17, 15) is 14.7 Å². The second-order valence-electron chi connectivity index (χ2n) is 4.36. The van der Waals surface area contributed by atoms with Gasteiger partial charge in [-0.25, -0.2) is 0 Å². The first-order valence-corrected chi connectivity index (χ1v) is 6.18. The third kappa shape index (κ3) is 3.13. The minimum atomic E-state index is -0.593. The molecule has 1 unspecified atom stereocenters. The molecule has 1 amide bonds. The molecule has 0 saturated heterocycles. The summed E-state index contributed by atoms with van der Waals surface area (Å²) in [5, 5.41) is 12.0. The van der Waals surface area contributed by atoms with Gasteiger partial charge in [-0.3, -0.25) is 9.59 Å². The number of carbonyl (C=O) groups is 2. The molecule has 2 N–H and O–H groups in total. The standard InChI is InChI=1S/C15H15NO4/c1-10(18)11-4-6-12(7-5-11)15(19)16-13(9-17)14-3-2-8-20-14/h2-8,13,17H,9H2,1H3,(H,16,19). The quantitative estimate of drug-likeness (QED) is 0.816. The predicted molar refractivity (Wildman–Crippen MR) is 72.4 cm³/mol. The van der Waals surface area contributed by atoms with Gasteiger partial charge in [0.15, 0.2) is 5.78 Å². The van der Waals surface area contributed by atoms with Crippen LogP contribution in [0.5, 0.6) is 0 Å². The topological polar surface area (TPSA) is 79.5 Å². The molecule has 2 aromatic rings. The summed E-state index contributed by atoms with van der Waals surface area (Å²) < 4.78 is 5.15. The molecule has 0 spiro atoms. The van der Waals surface area contributed by atoms with E-state index in [0.29, 0.717) is 16.9 Å². The maximum Gasteiger partial charge on any atom is 0.251 e. The number of nitrogens with one attached hydrogen (secondary N) is 1. The van der Waals surface area contributed by atoms with Crippen LogP contribution < -0.4 is 5.32 Å². The molecule has 0 bridgehead atoms. The van der Waals surface area contributed by atoms with Crippen molar-refractivity contribution in [1.82, 2.24) is 5.32 Å². The van der Waals surface area contributed by atoms with Crippen molar-refractivity contribution in [2.45, 2.75) is 13.0 Å². The summed E-state index contributed by atoms with van der Waals surface area (Å²) in [4.78, 5) is 23.2. The summed E-state index contributed by atoms with van der Waals surface area (Å²) in [6.45, 7) is 1.21. The van der Waals surface area contributed by atoms with Crippen LogP contribution in [0.4, 0.5) is 0 Å². The van der Waals surface area contributed by atoms with Crippen molar-refractivity contribution in [2.24, 2.45) is 0 Å². The molecule has 0 aliphatic rings. The van der Waals surface area contributed by atoms with Gasteiger partial charge in [-0.2, -0.15) is 0 Å². The van der Waals surface area contributed by atoms with E-state index in [1.165, 1.54) is 13.2 Å². The molecular formula is C15H15NO4. The highest BCUT2D eigenvalue weighted by molar-refractivity contribution is 5.97. The maximum absolute atomic E-state index is 12.0. The normalized spacial score (nSPS) is 11.9. The minimum absolute atomic E-state index is 0.0548. The van der Waals surface area contributed by atoms with Crippen LogP contribution in [0.15, 0.2) is 47.1 Å². The number of carbonyl (C=O) groups excluding carboxylic acids is 2. The number of furan rings is 1. The third-order valence-corrected chi connectivity index (χ3v) is 2.93. The molecule has 2 rings (SSSR count). The van der Waals surface area contributed by atoms with Crippen molar-refractivity contribution in [3.8, 4) is 0 Å². The Balaban J connectivity index is 2.09. The van der Waals surface area contributed by atoms with E-state index in [2.05, 4.69) is 5.32 Å². The summed E-state index contributed by atoms with van der Waals surface area (Å²) in [5.74, 6) is 0.0949. The lowest BCUT2D eigenvalue weighted by Gasteiger charge is -2.14. The Morgan fingerprint density at radius 2 is 1.85 bits per heavy atom. The molecular weight excluding hydrogens is 258 g/mol. The number of hydrogen-bond acceptors (Lipinski definition) is 4. The zero-order valence-electron chi connectivity index (χ0n) is 11.0. The van der Waals surface area contributed by atoms with Crippen molar-refractivity contribution < 1.29 is 19.1 Å². The Bertz CT molecular complexity index is 587. The number of Topliss-reactive ketones (excluding diaryl/α,β-unsaturated/α-hetero) is 1. The van der Waals surface area contributed by atoms with Gasteiger partial charge in [-0.15, -0.1) is 0 Å². The first-order valence-electron chi connectivity index (χ1n) is 6.18. The van der Waals surface area contributed by atoms with Gasteiger partial charge < -0.3 is 14.8 Å². The second-order valence-corrected chi connectivity index (χ2v) is 4.36. The zero-order chi connectivity index (χ0) is 14.5. The van der Waals surface area contributed by atoms with Crippen LogP contribution in [0.25, 0.3) is 0 Å². The Hall–Kier alpha value is -2.40. The number of amides is 1. The molecule has 1 atom stereocenters. The third-order valence-electron chi connectivity index (χ3n) is 2.93. The lowest BCUT2D eigenvalue weighted by molar-refractivity contribution is 0.0906. The minimum Gasteiger partial charge on any atom is -0.467 e. The van der Waals surface area contributed by atoms with E-state index in [-0.39, 0.29) is 18.3 Å². The van der Waals surface area contributed by atoms with Gasteiger partial charge in [0.25, 0.3) is 5.91 Å². The first-order chi connectivity index (χ1) is 9.61. The highest BCUT2D eigenvalue weighted by Gasteiger charge is 2.17. The number of benzene rings is 1. The van der Waals surface area contributed by atoms with E-state index in [4.69, 9.17) is 4.42 Å².